The van der Waals surface area contributed by atoms with Crippen molar-refractivity contribution in [3.05, 3.63) is 41.9 Å². The Morgan fingerprint density at radius 3 is 2.39 bits per heavy atom. The second kappa shape index (κ2) is 4.84. The zero-order valence-electron chi connectivity index (χ0n) is 8.80. The second-order valence-electron chi connectivity index (χ2n) is 3.13. The van der Waals surface area contributed by atoms with Crippen LogP contribution in [0.5, 0.6) is 0 Å². The first kappa shape index (κ1) is 12.7. The Bertz CT molecular complexity index is 650. The largest absolute Gasteiger partial charge is 0.366 e. The van der Waals surface area contributed by atoms with E-state index in [4.69, 9.17) is 11.6 Å². The number of halogens is 1. The van der Waals surface area contributed by atoms with Gasteiger partial charge in [0.15, 0.2) is 0 Å². The van der Waals surface area contributed by atoms with Crippen LogP contribution in [0.4, 0.5) is 11.6 Å². The number of hydrogen-bond donors (Lipinski definition) is 1. The SMILES string of the molecule is O=S(=O)(O)N(c1ccccc1)c1ncnc(Cl)n1. The van der Waals surface area contributed by atoms with Crippen LogP contribution < -0.4 is 4.31 Å². The van der Waals surface area contributed by atoms with Crippen LogP contribution in [0.15, 0.2) is 36.7 Å². The molecule has 1 aromatic carbocycles. The first-order valence-corrected chi connectivity index (χ1v) is 6.43. The van der Waals surface area contributed by atoms with Gasteiger partial charge >= 0.3 is 10.3 Å². The summed E-state index contributed by atoms with van der Waals surface area (Å²) in [6.07, 6.45) is 1.05. The average Bonchev–Trinajstić information content (AvgIpc) is 2.28. The molecule has 9 heteroatoms. The first-order valence-electron chi connectivity index (χ1n) is 4.66. The van der Waals surface area contributed by atoms with Crippen molar-refractivity contribution in [2.75, 3.05) is 4.31 Å². The highest BCUT2D eigenvalue weighted by atomic mass is 35.5. The van der Waals surface area contributed by atoms with E-state index < -0.39 is 10.3 Å². The minimum absolute atomic E-state index is 0.176. The smallest absolute Gasteiger partial charge is 0.269 e. The van der Waals surface area contributed by atoms with E-state index >= 15 is 0 Å². The van der Waals surface area contributed by atoms with Gasteiger partial charge in [0.25, 0.3) is 0 Å². The number of para-hydroxylation sites is 1. The van der Waals surface area contributed by atoms with Gasteiger partial charge in [0.2, 0.25) is 11.2 Å². The Labute approximate surface area is 108 Å². The minimum Gasteiger partial charge on any atom is -0.269 e. The van der Waals surface area contributed by atoms with Crippen LogP contribution in [-0.4, -0.2) is 27.9 Å². The summed E-state index contributed by atoms with van der Waals surface area (Å²) < 4.78 is 32.5. The maximum atomic E-state index is 11.4. The summed E-state index contributed by atoms with van der Waals surface area (Å²) in [6, 6.07) is 7.87. The lowest BCUT2D eigenvalue weighted by Crippen LogP contribution is -2.27. The molecule has 0 aliphatic rings. The van der Waals surface area contributed by atoms with Crippen LogP contribution in [0.2, 0.25) is 5.28 Å². The first-order chi connectivity index (χ1) is 8.48. The van der Waals surface area contributed by atoms with Gasteiger partial charge in [-0.25, -0.2) is 4.98 Å². The summed E-state index contributed by atoms with van der Waals surface area (Å²) in [7, 11) is -4.57. The van der Waals surface area contributed by atoms with Gasteiger partial charge in [-0.2, -0.15) is 22.7 Å². The maximum absolute atomic E-state index is 11.4. The molecule has 0 radical (unpaired) electrons. The van der Waals surface area contributed by atoms with Crippen LogP contribution in [0.1, 0.15) is 0 Å². The summed E-state index contributed by atoms with van der Waals surface area (Å²) in [6.45, 7) is 0. The third-order valence-corrected chi connectivity index (χ3v) is 2.95. The molecule has 0 aliphatic carbocycles. The van der Waals surface area contributed by atoms with E-state index in [1.807, 2.05) is 0 Å². The van der Waals surface area contributed by atoms with Crippen molar-refractivity contribution in [1.82, 2.24) is 15.0 Å². The molecule has 0 bridgehead atoms. The summed E-state index contributed by atoms with van der Waals surface area (Å²) >= 11 is 5.56. The quantitative estimate of drug-likeness (QED) is 0.858. The Morgan fingerprint density at radius 1 is 1.17 bits per heavy atom. The third-order valence-electron chi connectivity index (χ3n) is 1.93. The molecule has 7 nitrogen and oxygen atoms in total. The normalized spacial score (nSPS) is 11.2. The van der Waals surface area contributed by atoms with Gasteiger partial charge < -0.3 is 0 Å². The monoisotopic (exact) mass is 286 g/mol. The van der Waals surface area contributed by atoms with Crippen LogP contribution in [0.25, 0.3) is 0 Å². The fourth-order valence-electron chi connectivity index (χ4n) is 1.28. The Hall–Kier alpha value is -1.77. The summed E-state index contributed by atoms with van der Waals surface area (Å²) in [4.78, 5) is 10.8. The van der Waals surface area contributed by atoms with Crippen LogP contribution in [0, 0.1) is 0 Å². The van der Waals surface area contributed by atoms with E-state index in [0.717, 1.165) is 6.33 Å². The number of benzene rings is 1. The van der Waals surface area contributed by atoms with Crippen molar-refractivity contribution >= 4 is 33.5 Å². The summed E-state index contributed by atoms with van der Waals surface area (Å²) in [5, 5.41) is -0.176. The highest BCUT2D eigenvalue weighted by Gasteiger charge is 2.24. The van der Waals surface area contributed by atoms with Crippen molar-refractivity contribution in [2.45, 2.75) is 0 Å². The molecule has 2 rings (SSSR count). The van der Waals surface area contributed by atoms with E-state index in [-0.39, 0.29) is 16.9 Å². The topological polar surface area (TPSA) is 96.3 Å². The molecule has 0 atom stereocenters. The number of aromatic nitrogens is 3. The van der Waals surface area contributed by atoms with E-state index in [0.29, 0.717) is 4.31 Å². The second-order valence-corrected chi connectivity index (χ2v) is 4.73. The van der Waals surface area contributed by atoms with Gasteiger partial charge in [-0.3, -0.25) is 4.55 Å². The van der Waals surface area contributed by atoms with E-state index in [9.17, 15) is 13.0 Å². The molecule has 1 heterocycles. The van der Waals surface area contributed by atoms with E-state index in [2.05, 4.69) is 15.0 Å². The van der Waals surface area contributed by atoms with Crippen LogP contribution in [0.3, 0.4) is 0 Å². The van der Waals surface area contributed by atoms with Crippen molar-refractivity contribution in [3.63, 3.8) is 0 Å². The lowest BCUT2D eigenvalue weighted by atomic mass is 10.3. The molecule has 0 fully saturated rings. The molecule has 2 aromatic rings. The highest BCUT2D eigenvalue weighted by Crippen LogP contribution is 2.24. The maximum Gasteiger partial charge on any atom is 0.366 e. The number of rotatable bonds is 3. The predicted molar refractivity (Wildman–Crippen MR) is 65.0 cm³/mol. The van der Waals surface area contributed by atoms with Gasteiger partial charge in [-0.05, 0) is 23.7 Å². The van der Waals surface area contributed by atoms with E-state index in [1.165, 1.54) is 12.1 Å². The van der Waals surface area contributed by atoms with Gasteiger partial charge in [0.05, 0.1) is 5.69 Å². The number of nitrogens with zero attached hydrogens (tertiary/aromatic N) is 4. The van der Waals surface area contributed by atoms with Gasteiger partial charge in [-0.15, -0.1) is 0 Å². The standard InChI is InChI=1S/C9H7ClN4O3S/c10-8-11-6-12-9(13-8)14(18(15,16)17)7-4-2-1-3-5-7/h1-6H,(H,15,16,17). The van der Waals surface area contributed by atoms with E-state index in [1.54, 1.807) is 18.2 Å². The van der Waals surface area contributed by atoms with Gasteiger partial charge in [0, 0.05) is 0 Å². The predicted octanol–water partition coefficient (Wildman–Crippen LogP) is 1.47. The fraction of sp³-hybridized carbons (Fsp3) is 0. The molecule has 94 valence electrons. The van der Waals surface area contributed by atoms with Gasteiger partial charge in [-0.1, -0.05) is 18.2 Å². The molecule has 1 aromatic heterocycles. The van der Waals surface area contributed by atoms with Crippen molar-refractivity contribution in [3.8, 4) is 0 Å². The lowest BCUT2D eigenvalue weighted by Gasteiger charge is -2.17. The minimum atomic E-state index is -4.57. The lowest BCUT2D eigenvalue weighted by molar-refractivity contribution is 0.482. The van der Waals surface area contributed by atoms with Crippen molar-refractivity contribution in [2.24, 2.45) is 0 Å². The molecule has 0 unspecified atom stereocenters. The third kappa shape index (κ3) is 2.73. The molecule has 0 aliphatic heterocycles. The molecule has 18 heavy (non-hydrogen) atoms. The molecule has 1 N–H and O–H groups in total. The molecule has 0 saturated heterocycles. The zero-order chi connectivity index (χ0) is 13.2. The Morgan fingerprint density at radius 2 is 1.83 bits per heavy atom. The summed E-state index contributed by atoms with van der Waals surface area (Å²) in [5.74, 6) is -0.288. The van der Waals surface area contributed by atoms with Crippen molar-refractivity contribution in [1.29, 1.82) is 0 Å². The highest BCUT2D eigenvalue weighted by molar-refractivity contribution is 7.87. The molecule has 0 spiro atoms. The Kier molecular flexibility index (Phi) is 3.41. The zero-order valence-corrected chi connectivity index (χ0v) is 10.4. The molecule has 0 saturated carbocycles. The van der Waals surface area contributed by atoms with Crippen molar-refractivity contribution < 1.29 is 13.0 Å². The van der Waals surface area contributed by atoms with Crippen LogP contribution >= 0.6 is 11.6 Å². The average molecular weight is 287 g/mol. The molecular weight excluding hydrogens is 280 g/mol. The summed E-state index contributed by atoms with van der Waals surface area (Å²) in [5.41, 5.74) is 0.183. The molecular formula is C9H7ClN4O3S. The molecule has 0 amide bonds. The number of anilines is 2. The number of hydrogen-bond acceptors (Lipinski definition) is 5. The Balaban J connectivity index is 2.58. The fourth-order valence-corrected chi connectivity index (χ4v) is 2.08. The van der Waals surface area contributed by atoms with Crippen LogP contribution in [-0.2, 0) is 10.3 Å². The van der Waals surface area contributed by atoms with Gasteiger partial charge in [0.1, 0.15) is 6.33 Å².